The molecule has 1 N–H and O–H groups in total. The van der Waals surface area contributed by atoms with Gasteiger partial charge in [0.15, 0.2) is 5.17 Å². The number of thioether (sulfide) groups is 1. The maximum atomic E-state index is 4.47. The molecule has 2 nitrogen and oxygen atoms in total. The first kappa shape index (κ1) is 9.90. The van der Waals surface area contributed by atoms with Gasteiger partial charge in [0.25, 0.3) is 0 Å². The quantitative estimate of drug-likeness (QED) is 0.731. The van der Waals surface area contributed by atoms with Gasteiger partial charge in [0.05, 0.1) is 0 Å². The van der Waals surface area contributed by atoms with E-state index in [1.165, 1.54) is 18.6 Å². The SMILES string of the molecule is CCCN=C1NC(CC)CCS1. The van der Waals surface area contributed by atoms with Crippen molar-refractivity contribution in [2.24, 2.45) is 4.99 Å². The highest BCUT2D eigenvalue weighted by molar-refractivity contribution is 8.13. The lowest BCUT2D eigenvalue weighted by Crippen LogP contribution is -2.37. The van der Waals surface area contributed by atoms with Gasteiger partial charge in [-0.05, 0) is 19.3 Å². The van der Waals surface area contributed by atoms with E-state index in [0.717, 1.165) is 18.1 Å². The molecule has 0 amide bonds. The highest BCUT2D eigenvalue weighted by atomic mass is 32.2. The molecule has 0 spiro atoms. The summed E-state index contributed by atoms with van der Waals surface area (Å²) in [5.41, 5.74) is 0. The molecule has 1 aliphatic heterocycles. The van der Waals surface area contributed by atoms with E-state index in [9.17, 15) is 0 Å². The van der Waals surface area contributed by atoms with Gasteiger partial charge in [-0.2, -0.15) is 0 Å². The van der Waals surface area contributed by atoms with Gasteiger partial charge in [-0.3, -0.25) is 4.99 Å². The Morgan fingerprint density at radius 1 is 1.58 bits per heavy atom. The Labute approximate surface area is 79.2 Å². The predicted octanol–water partition coefficient (Wildman–Crippen LogP) is 2.26. The second-order valence-corrected chi connectivity index (χ2v) is 4.16. The summed E-state index contributed by atoms with van der Waals surface area (Å²) in [6.07, 6.45) is 3.64. The van der Waals surface area contributed by atoms with Crippen molar-refractivity contribution < 1.29 is 0 Å². The minimum atomic E-state index is 0.668. The first-order chi connectivity index (χ1) is 5.86. The van der Waals surface area contributed by atoms with Crippen molar-refractivity contribution in [2.75, 3.05) is 12.3 Å². The largest absolute Gasteiger partial charge is 0.362 e. The molecule has 0 saturated carbocycles. The van der Waals surface area contributed by atoms with Crippen molar-refractivity contribution in [3.63, 3.8) is 0 Å². The fraction of sp³-hybridized carbons (Fsp3) is 0.889. The van der Waals surface area contributed by atoms with Crippen molar-refractivity contribution in [1.82, 2.24) is 5.32 Å². The molecule has 1 fully saturated rings. The van der Waals surface area contributed by atoms with Crippen LogP contribution in [0.15, 0.2) is 4.99 Å². The van der Waals surface area contributed by atoms with Gasteiger partial charge in [-0.25, -0.2) is 0 Å². The molecule has 70 valence electrons. The molecule has 0 aromatic heterocycles. The van der Waals surface area contributed by atoms with Gasteiger partial charge < -0.3 is 5.32 Å². The molecular weight excluding hydrogens is 168 g/mol. The molecule has 1 saturated heterocycles. The summed E-state index contributed by atoms with van der Waals surface area (Å²) in [5.74, 6) is 1.23. The van der Waals surface area contributed by atoms with Crippen LogP contribution in [-0.2, 0) is 0 Å². The lowest BCUT2D eigenvalue weighted by molar-refractivity contribution is 0.570. The third-order valence-electron chi connectivity index (χ3n) is 2.00. The number of hydrogen-bond donors (Lipinski definition) is 1. The first-order valence-corrected chi connectivity index (χ1v) is 5.79. The highest BCUT2D eigenvalue weighted by Gasteiger charge is 2.14. The number of nitrogens with one attached hydrogen (secondary N) is 1. The van der Waals surface area contributed by atoms with E-state index in [0.29, 0.717) is 6.04 Å². The lowest BCUT2D eigenvalue weighted by Gasteiger charge is -2.24. The third kappa shape index (κ3) is 3.05. The number of nitrogens with zero attached hydrogens (tertiary/aromatic N) is 1. The highest BCUT2D eigenvalue weighted by Crippen LogP contribution is 2.15. The smallest absolute Gasteiger partial charge is 0.156 e. The van der Waals surface area contributed by atoms with E-state index in [1.54, 1.807) is 0 Å². The molecule has 0 aromatic rings. The molecule has 12 heavy (non-hydrogen) atoms. The average Bonchev–Trinajstić information content (AvgIpc) is 2.15. The van der Waals surface area contributed by atoms with E-state index < -0.39 is 0 Å². The Morgan fingerprint density at radius 2 is 2.42 bits per heavy atom. The summed E-state index contributed by atoms with van der Waals surface area (Å²) in [5, 5.41) is 4.61. The van der Waals surface area contributed by atoms with Gasteiger partial charge in [-0.15, -0.1) is 0 Å². The Hall–Kier alpha value is -0.180. The van der Waals surface area contributed by atoms with Crippen molar-refractivity contribution in [2.45, 2.75) is 39.2 Å². The zero-order chi connectivity index (χ0) is 8.81. The first-order valence-electron chi connectivity index (χ1n) is 4.80. The molecule has 1 unspecified atom stereocenters. The molecular formula is C9H18N2S. The van der Waals surface area contributed by atoms with Crippen LogP contribution in [0.2, 0.25) is 0 Å². The van der Waals surface area contributed by atoms with Crippen molar-refractivity contribution in [3.05, 3.63) is 0 Å². The summed E-state index contributed by atoms with van der Waals surface area (Å²) < 4.78 is 0. The van der Waals surface area contributed by atoms with E-state index >= 15 is 0 Å². The second-order valence-electron chi connectivity index (χ2n) is 3.07. The summed E-state index contributed by atoms with van der Waals surface area (Å²) in [7, 11) is 0. The van der Waals surface area contributed by atoms with Crippen LogP contribution in [0, 0.1) is 0 Å². The number of rotatable bonds is 3. The maximum Gasteiger partial charge on any atom is 0.156 e. The predicted molar refractivity (Wildman–Crippen MR) is 56.9 cm³/mol. The van der Waals surface area contributed by atoms with E-state index in [-0.39, 0.29) is 0 Å². The molecule has 3 heteroatoms. The zero-order valence-electron chi connectivity index (χ0n) is 7.97. The fourth-order valence-electron chi connectivity index (χ4n) is 1.20. The average molecular weight is 186 g/mol. The van der Waals surface area contributed by atoms with Crippen LogP contribution in [0.3, 0.4) is 0 Å². The molecule has 0 radical (unpaired) electrons. The van der Waals surface area contributed by atoms with Crippen molar-refractivity contribution in [3.8, 4) is 0 Å². The fourth-order valence-corrected chi connectivity index (χ4v) is 2.23. The molecule has 1 heterocycles. The van der Waals surface area contributed by atoms with Gasteiger partial charge in [0.2, 0.25) is 0 Å². The van der Waals surface area contributed by atoms with Gasteiger partial charge in [0, 0.05) is 18.3 Å². The normalized spacial score (nSPS) is 27.2. The number of aliphatic imine (C=N–C) groups is 1. The topological polar surface area (TPSA) is 24.4 Å². The number of hydrogen-bond acceptors (Lipinski definition) is 2. The number of amidine groups is 1. The monoisotopic (exact) mass is 186 g/mol. The summed E-state index contributed by atoms with van der Waals surface area (Å²) in [6.45, 7) is 5.35. The Balaban J connectivity index is 2.34. The standard InChI is InChI=1S/C9H18N2S/c1-3-6-10-9-11-8(4-2)5-7-12-9/h8H,3-7H2,1-2H3,(H,10,11). The minimum absolute atomic E-state index is 0.668. The Bertz CT molecular complexity index is 157. The molecule has 1 aliphatic rings. The van der Waals surface area contributed by atoms with Crippen LogP contribution in [-0.4, -0.2) is 23.5 Å². The van der Waals surface area contributed by atoms with Crippen LogP contribution in [0.5, 0.6) is 0 Å². The van der Waals surface area contributed by atoms with Gasteiger partial charge in [-0.1, -0.05) is 25.6 Å². The van der Waals surface area contributed by atoms with Crippen LogP contribution in [0.25, 0.3) is 0 Å². The summed E-state index contributed by atoms with van der Waals surface area (Å²) in [6, 6.07) is 0.668. The molecule has 1 rings (SSSR count). The van der Waals surface area contributed by atoms with Crippen LogP contribution >= 0.6 is 11.8 Å². The van der Waals surface area contributed by atoms with Crippen LogP contribution in [0.1, 0.15) is 33.1 Å². The molecule has 0 aliphatic carbocycles. The van der Waals surface area contributed by atoms with Crippen LogP contribution in [0.4, 0.5) is 0 Å². The van der Waals surface area contributed by atoms with Crippen LogP contribution < -0.4 is 5.32 Å². The zero-order valence-corrected chi connectivity index (χ0v) is 8.78. The van der Waals surface area contributed by atoms with E-state index in [2.05, 4.69) is 24.2 Å². The molecule has 1 atom stereocenters. The lowest BCUT2D eigenvalue weighted by atomic mass is 10.2. The minimum Gasteiger partial charge on any atom is -0.362 e. The van der Waals surface area contributed by atoms with E-state index in [1.807, 2.05) is 11.8 Å². The second kappa shape index (κ2) is 5.46. The van der Waals surface area contributed by atoms with Gasteiger partial charge in [0.1, 0.15) is 0 Å². The third-order valence-corrected chi connectivity index (χ3v) is 2.96. The molecule has 0 bridgehead atoms. The van der Waals surface area contributed by atoms with Crippen molar-refractivity contribution >= 4 is 16.9 Å². The maximum absolute atomic E-state index is 4.47. The summed E-state index contributed by atoms with van der Waals surface area (Å²) in [4.78, 5) is 4.47. The van der Waals surface area contributed by atoms with E-state index in [4.69, 9.17) is 0 Å². The Morgan fingerprint density at radius 3 is 3.08 bits per heavy atom. The van der Waals surface area contributed by atoms with Crippen molar-refractivity contribution in [1.29, 1.82) is 0 Å². The Kier molecular flexibility index (Phi) is 4.51. The van der Waals surface area contributed by atoms with Gasteiger partial charge >= 0.3 is 0 Å². The summed E-state index contributed by atoms with van der Waals surface area (Å²) >= 11 is 1.86. The molecule has 0 aromatic carbocycles.